The number of nitrogen functional groups attached to an aromatic ring is 1. The van der Waals surface area contributed by atoms with Gasteiger partial charge in [0.05, 0.1) is 5.69 Å². The van der Waals surface area contributed by atoms with Crippen LogP contribution in [0.2, 0.25) is 0 Å². The molecular weight excluding hydrogens is 257 g/mol. The molecule has 0 aliphatic rings. The van der Waals surface area contributed by atoms with Crippen LogP contribution in [0, 0.1) is 5.82 Å². The zero-order valence-electron chi connectivity index (χ0n) is 11.6. The van der Waals surface area contributed by atoms with E-state index in [4.69, 9.17) is 5.73 Å². The Balaban J connectivity index is 2.44. The summed E-state index contributed by atoms with van der Waals surface area (Å²) in [6, 6.07) is 8.34. The van der Waals surface area contributed by atoms with Crippen LogP contribution in [0.25, 0.3) is 0 Å². The van der Waals surface area contributed by atoms with Crippen LogP contribution in [-0.4, -0.2) is 23.1 Å². The van der Waals surface area contributed by atoms with Gasteiger partial charge in [0.25, 0.3) is 0 Å². The molecule has 0 saturated carbocycles. The number of hydrogen-bond donors (Lipinski definition) is 2. The molecule has 0 radical (unpaired) electrons. The van der Waals surface area contributed by atoms with E-state index < -0.39 is 0 Å². The number of nitrogens with one attached hydrogen (secondary N) is 1. The average molecular weight is 275 g/mol. The predicted octanol–water partition coefficient (Wildman–Crippen LogP) is 2.79. The third-order valence-electron chi connectivity index (χ3n) is 2.82. The molecule has 0 bridgehead atoms. The van der Waals surface area contributed by atoms with E-state index in [1.165, 1.54) is 6.07 Å². The first kappa shape index (κ1) is 14.0. The number of benzene rings is 1. The predicted molar refractivity (Wildman–Crippen MR) is 79.7 cm³/mol. The summed E-state index contributed by atoms with van der Waals surface area (Å²) in [4.78, 5) is 10.0. The summed E-state index contributed by atoms with van der Waals surface area (Å²) in [7, 11) is 0. The topological polar surface area (TPSA) is 67.1 Å². The lowest BCUT2D eigenvalue weighted by Gasteiger charge is -2.23. The molecule has 3 N–H and O–H groups in total. The number of anilines is 4. The van der Waals surface area contributed by atoms with Gasteiger partial charge in [0.2, 0.25) is 5.95 Å². The van der Waals surface area contributed by atoms with Gasteiger partial charge in [-0.15, -0.1) is 0 Å². The van der Waals surface area contributed by atoms with E-state index in [0.717, 1.165) is 6.54 Å². The fourth-order valence-electron chi connectivity index (χ4n) is 1.99. The van der Waals surface area contributed by atoms with Crippen molar-refractivity contribution in [1.82, 2.24) is 9.97 Å². The summed E-state index contributed by atoms with van der Waals surface area (Å²) in [5.41, 5.74) is 6.18. The van der Waals surface area contributed by atoms with E-state index >= 15 is 0 Å². The second kappa shape index (κ2) is 6.18. The molecule has 0 atom stereocenters. The Morgan fingerprint density at radius 2 is 2.00 bits per heavy atom. The zero-order valence-corrected chi connectivity index (χ0v) is 11.6. The fourth-order valence-corrected chi connectivity index (χ4v) is 1.99. The van der Waals surface area contributed by atoms with Gasteiger partial charge in [-0.25, -0.2) is 4.39 Å². The monoisotopic (exact) mass is 275 g/mol. The standard InChI is InChI=1S/C14H18FN5/c1-3-17-12-9-13(19-14(16)18-12)20(4-2)11-8-6-5-7-10(11)15/h5-9H,3-4H2,1-2H3,(H3,16,17,18,19). The van der Waals surface area contributed by atoms with E-state index in [1.54, 1.807) is 29.2 Å². The van der Waals surface area contributed by atoms with Crippen LogP contribution in [-0.2, 0) is 0 Å². The summed E-state index contributed by atoms with van der Waals surface area (Å²) in [6.07, 6.45) is 0. The molecule has 20 heavy (non-hydrogen) atoms. The first-order valence-electron chi connectivity index (χ1n) is 6.56. The second-order valence-electron chi connectivity index (χ2n) is 4.20. The molecule has 0 amide bonds. The Morgan fingerprint density at radius 1 is 1.25 bits per heavy atom. The molecule has 0 unspecified atom stereocenters. The van der Waals surface area contributed by atoms with Crippen molar-refractivity contribution in [3.05, 3.63) is 36.1 Å². The number of nitrogens with two attached hydrogens (primary N) is 1. The first-order valence-corrected chi connectivity index (χ1v) is 6.56. The maximum absolute atomic E-state index is 13.9. The molecular formula is C14H18FN5. The third kappa shape index (κ3) is 2.96. The molecule has 0 aliphatic carbocycles. The highest BCUT2D eigenvalue weighted by Crippen LogP contribution is 2.27. The van der Waals surface area contributed by atoms with Gasteiger partial charge < -0.3 is 16.0 Å². The van der Waals surface area contributed by atoms with Crippen molar-refractivity contribution in [3.8, 4) is 0 Å². The van der Waals surface area contributed by atoms with Gasteiger partial charge in [-0.2, -0.15) is 9.97 Å². The van der Waals surface area contributed by atoms with Crippen molar-refractivity contribution in [2.45, 2.75) is 13.8 Å². The Labute approximate surface area is 117 Å². The molecule has 2 aromatic rings. The Kier molecular flexibility index (Phi) is 4.34. The molecule has 0 aliphatic heterocycles. The molecule has 1 heterocycles. The summed E-state index contributed by atoms with van der Waals surface area (Å²) in [5.74, 6) is 1.07. The van der Waals surface area contributed by atoms with E-state index in [-0.39, 0.29) is 11.8 Å². The Bertz CT molecular complexity index is 588. The van der Waals surface area contributed by atoms with Crippen LogP contribution in [0.15, 0.2) is 30.3 Å². The number of hydrogen-bond acceptors (Lipinski definition) is 5. The summed E-state index contributed by atoms with van der Waals surface area (Å²) in [5, 5.41) is 3.08. The van der Waals surface area contributed by atoms with Gasteiger partial charge in [0, 0.05) is 19.2 Å². The SMILES string of the molecule is CCNc1cc(N(CC)c2ccccc2F)nc(N)n1. The summed E-state index contributed by atoms with van der Waals surface area (Å²) >= 11 is 0. The molecule has 106 valence electrons. The number of nitrogens with zero attached hydrogens (tertiary/aromatic N) is 3. The first-order chi connectivity index (χ1) is 9.65. The van der Waals surface area contributed by atoms with Crippen molar-refractivity contribution in [3.63, 3.8) is 0 Å². The molecule has 0 fully saturated rings. The second-order valence-corrected chi connectivity index (χ2v) is 4.20. The van der Waals surface area contributed by atoms with Crippen LogP contribution in [0.1, 0.15) is 13.8 Å². The van der Waals surface area contributed by atoms with E-state index in [2.05, 4.69) is 15.3 Å². The maximum atomic E-state index is 13.9. The minimum atomic E-state index is -0.295. The van der Waals surface area contributed by atoms with Gasteiger partial charge in [0.1, 0.15) is 17.5 Å². The van der Waals surface area contributed by atoms with Gasteiger partial charge in [0.15, 0.2) is 0 Å². The van der Waals surface area contributed by atoms with Gasteiger partial charge in [-0.3, -0.25) is 0 Å². The average Bonchev–Trinajstić information content (AvgIpc) is 2.41. The molecule has 0 spiro atoms. The van der Waals surface area contributed by atoms with Crippen molar-refractivity contribution < 1.29 is 4.39 Å². The number of halogens is 1. The van der Waals surface area contributed by atoms with Gasteiger partial charge in [-0.1, -0.05) is 12.1 Å². The number of para-hydroxylation sites is 1. The summed E-state index contributed by atoms with van der Waals surface area (Å²) < 4.78 is 13.9. The van der Waals surface area contributed by atoms with Crippen LogP contribution >= 0.6 is 0 Å². The highest BCUT2D eigenvalue weighted by atomic mass is 19.1. The molecule has 5 nitrogen and oxygen atoms in total. The quantitative estimate of drug-likeness (QED) is 0.878. The van der Waals surface area contributed by atoms with Crippen LogP contribution in [0.5, 0.6) is 0 Å². The van der Waals surface area contributed by atoms with E-state index in [9.17, 15) is 4.39 Å². The van der Waals surface area contributed by atoms with Crippen LogP contribution < -0.4 is 16.0 Å². The minimum Gasteiger partial charge on any atom is -0.370 e. The maximum Gasteiger partial charge on any atom is 0.223 e. The Morgan fingerprint density at radius 3 is 2.65 bits per heavy atom. The molecule has 1 aromatic heterocycles. The highest BCUT2D eigenvalue weighted by Gasteiger charge is 2.14. The van der Waals surface area contributed by atoms with E-state index in [0.29, 0.717) is 23.9 Å². The summed E-state index contributed by atoms with van der Waals surface area (Å²) in [6.45, 7) is 5.19. The largest absolute Gasteiger partial charge is 0.370 e. The minimum absolute atomic E-state index is 0.160. The lowest BCUT2D eigenvalue weighted by atomic mass is 10.2. The molecule has 0 saturated heterocycles. The third-order valence-corrected chi connectivity index (χ3v) is 2.82. The molecule has 2 rings (SSSR count). The van der Waals surface area contributed by atoms with Crippen molar-refractivity contribution >= 4 is 23.3 Å². The zero-order chi connectivity index (χ0) is 14.5. The van der Waals surface area contributed by atoms with Crippen molar-refractivity contribution in [1.29, 1.82) is 0 Å². The number of rotatable bonds is 5. The molecule has 1 aromatic carbocycles. The molecule has 6 heteroatoms. The van der Waals surface area contributed by atoms with Crippen LogP contribution in [0.4, 0.5) is 27.7 Å². The van der Waals surface area contributed by atoms with Gasteiger partial charge >= 0.3 is 0 Å². The van der Waals surface area contributed by atoms with Crippen molar-refractivity contribution in [2.75, 3.05) is 29.0 Å². The highest BCUT2D eigenvalue weighted by molar-refractivity contribution is 5.64. The fraction of sp³-hybridized carbons (Fsp3) is 0.286. The lowest BCUT2D eigenvalue weighted by Crippen LogP contribution is -2.20. The normalized spacial score (nSPS) is 10.3. The van der Waals surface area contributed by atoms with Crippen molar-refractivity contribution in [2.24, 2.45) is 0 Å². The lowest BCUT2D eigenvalue weighted by molar-refractivity contribution is 0.625. The van der Waals surface area contributed by atoms with Gasteiger partial charge in [-0.05, 0) is 26.0 Å². The number of aromatic nitrogens is 2. The Hall–Kier alpha value is -2.37. The smallest absolute Gasteiger partial charge is 0.223 e. The van der Waals surface area contributed by atoms with E-state index in [1.807, 2.05) is 13.8 Å². The van der Waals surface area contributed by atoms with Crippen LogP contribution in [0.3, 0.4) is 0 Å².